The minimum absolute atomic E-state index is 0.0948. The van der Waals surface area contributed by atoms with Crippen LogP contribution in [0.3, 0.4) is 0 Å². The number of anilines is 1. The highest BCUT2D eigenvalue weighted by molar-refractivity contribution is 7.13. The fraction of sp³-hybridized carbons (Fsp3) is 0.211. The number of benzene rings is 1. The van der Waals surface area contributed by atoms with E-state index in [-0.39, 0.29) is 24.7 Å². The van der Waals surface area contributed by atoms with Gasteiger partial charge in [-0.25, -0.2) is 4.98 Å². The van der Waals surface area contributed by atoms with E-state index in [1.54, 1.807) is 5.38 Å². The van der Waals surface area contributed by atoms with Gasteiger partial charge in [0.15, 0.2) is 5.13 Å². The van der Waals surface area contributed by atoms with E-state index in [1.807, 2.05) is 42.5 Å². The first kappa shape index (κ1) is 17.9. The van der Waals surface area contributed by atoms with Crippen LogP contribution in [0.1, 0.15) is 17.9 Å². The summed E-state index contributed by atoms with van der Waals surface area (Å²) in [4.78, 5) is 27.5. The number of hydrogen-bond donors (Lipinski definition) is 1. The molecule has 7 heteroatoms. The van der Waals surface area contributed by atoms with E-state index >= 15 is 0 Å². The van der Waals surface area contributed by atoms with Gasteiger partial charge in [0.1, 0.15) is 11.5 Å². The molecular weight excluding hydrogens is 352 g/mol. The number of aryl methyl sites for hydroxylation is 1. The van der Waals surface area contributed by atoms with Gasteiger partial charge in [0.2, 0.25) is 5.91 Å². The van der Waals surface area contributed by atoms with Crippen LogP contribution in [0, 0.1) is 0 Å². The Hall–Kier alpha value is -2.93. The molecule has 2 heterocycles. The number of amides is 1. The zero-order valence-electron chi connectivity index (χ0n) is 14.2. The summed E-state index contributed by atoms with van der Waals surface area (Å²) in [5.41, 5.74) is 1.58. The first-order chi connectivity index (χ1) is 12.6. The molecule has 0 fully saturated rings. The molecule has 1 aromatic carbocycles. The average Bonchev–Trinajstić information content (AvgIpc) is 3.30. The van der Waals surface area contributed by atoms with Crippen LogP contribution in [-0.4, -0.2) is 24.0 Å². The molecule has 2 aromatic heterocycles. The van der Waals surface area contributed by atoms with E-state index in [0.717, 1.165) is 17.1 Å². The molecule has 0 unspecified atom stereocenters. The number of carbonyl (C=O) groups excluding carboxylic acids is 2. The molecular formula is C19H18N2O4S. The van der Waals surface area contributed by atoms with Crippen molar-refractivity contribution in [2.75, 3.05) is 12.4 Å². The highest BCUT2D eigenvalue weighted by Crippen LogP contribution is 2.22. The Bertz CT molecular complexity index is 886. The summed E-state index contributed by atoms with van der Waals surface area (Å²) in [6.07, 6.45) is 0.879. The minimum Gasteiger partial charge on any atom is -0.469 e. The predicted molar refractivity (Wildman–Crippen MR) is 98.9 cm³/mol. The van der Waals surface area contributed by atoms with Crippen LogP contribution in [0.15, 0.2) is 52.3 Å². The van der Waals surface area contributed by atoms with Crippen molar-refractivity contribution in [3.8, 4) is 11.3 Å². The van der Waals surface area contributed by atoms with Crippen molar-refractivity contribution >= 4 is 28.3 Å². The minimum atomic E-state index is -0.361. The van der Waals surface area contributed by atoms with Crippen molar-refractivity contribution < 1.29 is 18.7 Å². The molecule has 0 spiro atoms. The zero-order valence-corrected chi connectivity index (χ0v) is 15.0. The largest absolute Gasteiger partial charge is 0.469 e. The lowest BCUT2D eigenvalue weighted by atomic mass is 10.2. The molecule has 0 bridgehead atoms. The van der Waals surface area contributed by atoms with E-state index in [2.05, 4.69) is 15.0 Å². The fourth-order valence-corrected chi connectivity index (χ4v) is 3.08. The van der Waals surface area contributed by atoms with Gasteiger partial charge in [0.05, 0.1) is 19.2 Å². The molecule has 0 radical (unpaired) electrons. The molecule has 1 amide bonds. The van der Waals surface area contributed by atoms with Crippen molar-refractivity contribution in [2.45, 2.75) is 19.3 Å². The number of nitrogens with zero attached hydrogens (tertiary/aromatic N) is 1. The summed E-state index contributed by atoms with van der Waals surface area (Å²) >= 11 is 1.28. The van der Waals surface area contributed by atoms with Crippen molar-refractivity contribution in [3.05, 3.63) is 59.3 Å². The third kappa shape index (κ3) is 4.80. The van der Waals surface area contributed by atoms with Crippen LogP contribution in [0.5, 0.6) is 0 Å². The summed E-state index contributed by atoms with van der Waals surface area (Å²) in [5.74, 6) is 1.03. The molecule has 6 nitrogen and oxygen atoms in total. The van der Waals surface area contributed by atoms with Crippen molar-refractivity contribution in [1.29, 1.82) is 0 Å². The molecule has 1 N–H and O–H groups in total. The summed E-state index contributed by atoms with van der Waals surface area (Å²) in [6, 6.07) is 13.6. The van der Waals surface area contributed by atoms with Gasteiger partial charge >= 0.3 is 5.97 Å². The summed E-state index contributed by atoms with van der Waals surface area (Å²) < 4.78 is 10.4. The van der Waals surface area contributed by atoms with Crippen LogP contribution in [0.4, 0.5) is 5.13 Å². The van der Waals surface area contributed by atoms with Crippen molar-refractivity contribution in [1.82, 2.24) is 4.98 Å². The Morgan fingerprint density at radius 1 is 1.19 bits per heavy atom. The predicted octanol–water partition coefficient (Wildman–Crippen LogP) is 3.69. The molecule has 3 aromatic rings. The Morgan fingerprint density at radius 2 is 2.00 bits per heavy atom. The van der Waals surface area contributed by atoms with Crippen LogP contribution in [-0.2, 0) is 27.2 Å². The summed E-state index contributed by atoms with van der Waals surface area (Å²) in [6.45, 7) is 0. The van der Waals surface area contributed by atoms with E-state index < -0.39 is 0 Å². The Morgan fingerprint density at radius 3 is 2.77 bits per heavy atom. The van der Waals surface area contributed by atoms with Gasteiger partial charge in [-0.1, -0.05) is 30.3 Å². The maximum atomic E-state index is 12.1. The first-order valence-corrected chi connectivity index (χ1v) is 8.97. The van der Waals surface area contributed by atoms with Crippen molar-refractivity contribution in [2.24, 2.45) is 0 Å². The second kappa shape index (κ2) is 8.44. The van der Waals surface area contributed by atoms with Gasteiger partial charge in [-0.3, -0.25) is 9.59 Å². The van der Waals surface area contributed by atoms with E-state index in [4.69, 9.17) is 4.42 Å². The highest BCUT2D eigenvalue weighted by atomic mass is 32.1. The maximum Gasteiger partial charge on any atom is 0.311 e. The van der Waals surface area contributed by atoms with E-state index in [1.165, 1.54) is 18.4 Å². The number of ether oxygens (including phenoxy) is 1. The first-order valence-electron chi connectivity index (χ1n) is 8.09. The second-order valence-electron chi connectivity index (χ2n) is 5.58. The molecule has 0 saturated carbocycles. The standard InChI is InChI=1S/C19H18N2O4S/c1-24-18(23)11-14-12-26-19(20-14)21-17(22)10-8-15-7-9-16(25-15)13-5-3-2-4-6-13/h2-7,9,12H,8,10-11H2,1H3,(H,20,21,22). The van der Waals surface area contributed by atoms with Crippen molar-refractivity contribution in [3.63, 3.8) is 0 Å². The number of rotatable bonds is 7. The number of aromatic nitrogens is 1. The molecule has 0 aliphatic rings. The number of esters is 1. The maximum absolute atomic E-state index is 12.1. The number of thiazole rings is 1. The molecule has 0 saturated heterocycles. The van der Waals surface area contributed by atoms with Gasteiger partial charge in [0, 0.05) is 23.8 Å². The number of hydrogen-bond acceptors (Lipinski definition) is 6. The second-order valence-corrected chi connectivity index (χ2v) is 6.44. The van der Waals surface area contributed by atoms with Crippen LogP contribution in [0.25, 0.3) is 11.3 Å². The molecule has 26 heavy (non-hydrogen) atoms. The number of nitrogens with one attached hydrogen (secondary N) is 1. The van der Waals surface area contributed by atoms with Crippen LogP contribution in [0.2, 0.25) is 0 Å². The number of methoxy groups -OCH3 is 1. The van der Waals surface area contributed by atoms with Crippen LogP contribution >= 0.6 is 11.3 Å². The van der Waals surface area contributed by atoms with Gasteiger partial charge < -0.3 is 14.5 Å². The zero-order chi connectivity index (χ0) is 18.4. The Kier molecular flexibility index (Phi) is 5.80. The number of carbonyl (C=O) groups is 2. The van der Waals surface area contributed by atoms with E-state index in [9.17, 15) is 9.59 Å². The molecule has 3 rings (SSSR count). The summed E-state index contributed by atoms with van der Waals surface area (Å²) in [5, 5.41) is 4.94. The van der Waals surface area contributed by atoms with Crippen LogP contribution < -0.4 is 5.32 Å². The van der Waals surface area contributed by atoms with Gasteiger partial charge in [-0.05, 0) is 12.1 Å². The van der Waals surface area contributed by atoms with Gasteiger partial charge in [-0.2, -0.15) is 0 Å². The lowest BCUT2D eigenvalue weighted by Crippen LogP contribution is -2.12. The molecule has 0 aliphatic carbocycles. The molecule has 134 valence electrons. The fourth-order valence-electron chi connectivity index (χ4n) is 2.35. The topological polar surface area (TPSA) is 81.4 Å². The SMILES string of the molecule is COC(=O)Cc1csc(NC(=O)CCc2ccc(-c3ccccc3)o2)n1. The Labute approximate surface area is 154 Å². The molecule has 0 aliphatic heterocycles. The van der Waals surface area contributed by atoms with Gasteiger partial charge in [0.25, 0.3) is 0 Å². The smallest absolute Gasteiger partial charge is 0.311 e. The quantitative estimate of drug-likeness (QED) is 0.642. The third-order valence-corrected chi connectivity index (χ3v) is 4.48. The van der Waals surface area contributed by atoms with E-state index in [0.29, 0.717) is 17.2 Å². The Balaban J connectivity index is 1.50. The van der Waals surface area contributed by atoms with Gasteiger partial charge in [-0.15, -0.1) is 11.3 Å². The lowest BCUT2D eigenvalue weighted by Gasteiger charge is -2.01. The average molecular weight is 370 g/mol. The number of furan rings is 1. The highest BCUT2D eigenvalue weighted by Gasteiger charge is 2.11. The molecule has 0 atom stereocenters. The summed E-state index contributed by atoms with van der Waals surface area (Å²) in [7, 11) is 1.33. The third-order valence-electron chi connectivity index (χ3n) is 3.67. The lowest BCUT2D eigenvalue weighted by molar-refractivity contribution is -0.139. The normalized spacial score (nSPS) is 10.5. The monoisotopic (exact) mass is 370 g/mol.